The summed E-state index contributed by atoms with van der Waals surface area (Å²) >= 11 is 0. The molecule has 0 amide bonds. The van der Waals surface area contributed by atoms with Gasteiger partial charge in [-0.25, -0.2) is 0 Å². The van der Waals surface area contributed by atoms with Crippen LogP contribution in [0.1, 0.15) is 109 Å². The molecule has 0 unspecified atom stereocenters. The van der Waals surface area contributed by atoms with E-state index in [9.17, 15) is 23.4 Å². The highest BCUT2D eigenvalue weighted by atomic mass is 19.4. The number of hydrogen-bond acceptors (Lipinski definition) is 5. The predicted molar refractivity (Wildman–Crippen MR) is 121 cm³/mol. The molecule has 1 aromatic heterocycles. The van der Waals surface area contributed by atoms with Crippen LogP contribution in [-0.2, 0) is 21.3 Å². The highest BCUT2D eigenvalue weighted by molar-refractivity contribution is 5.55. The van der Waals surface area contributed by atoms with Gasteiger partial charge >= 0.3 is 6.18 Å². The van der Waals surface area contributed by atoms with Gasteiger partial charge in [0.05, 0.1) is 23.0 Å². The minimum Gasteiger partial charge on any atom is -0.388 e. The van der Waals surface area contributed by atoms with Gasteiger partial charge in [-0.1, -0.05) is 26.0 Å². The molecule has 2 aliphatic carbocycles. The minimum atomic E-state index is -4.42. The summed E-state index contributed by atoms with van der Waals surface area (Å²) in [5.74, 6) is -0.00832. The van der Waals surface area contributed by atoms with E-state index >= 15 is 0 Å². The normalized spacial score (nSPS) is 28.4. The summed E-state index contributed by atoms with van der Waals surface area (Å²) in [5.41, 5.74) is 2.55. The summed E-state index contributed by atoms with van der Waals surface area (Å²) in [6.45, 7) is 5.00. The SMILES string of the molecule is CC(C)c1nc2c(c3c1[C@@H](c1ccc(C(F)(F)F)cc1)OC31CCOCC1)[C@@H](O)CC1(CC1)[C@H]2O. The lowest BCUT2D eigenvalue weighted by Gasteiger charge is -2.40. The molecular formula is C27H30F3NO4. The monoisotopic (exact) mass is 489 g/mol. The van der Waals surface area contributed by atoms with Crippen LogP contribution >= 0.6 is 0 Å². The Morgan fingerprint density at radius 2 is 1.66 bits per heavy atom. The number of ether oxygens (including phenoxy) is 2. The largest absolute Gasteiger partial charge is 0.416 e. The fourth-order valence-corrected chi connectivity index (χ4v) is 6.41. The Morgan fingerprint density at radius 3 is 2.23 bits per heavy atom. The van der Waals surface area contributed by atoms with E-state index < -0.39 is 35.7 Å². The van der Waals surface area contributed by atoms with Gasteiger partial charge in [0.2, 0.25) is 0 Å². The molecule has 8 heteroatoms. The number of benzene rings is 1. The first kappa shape index (κ1) is 23.4. The van der Waals surface area contributed by atoms with Crippen LogP contribution in [0.25, 0.3) is 0 Å². The molecule has 1 saturated heterocycles. The van der Waals surface area contributed by atoms with E-state index in [1.807, 2.05) is 13.8 Å². The first-order valence-corrected chi connectivity index (χ1v) is 12.4. The number of aromatic nitrogens is 1. The molecule has 35 heavy (non-hydrogen) atoms. The number of pyridine rings is 1. The Hall–Kier alpha value is -2.00. The smallest absolute Gasteiger partial charge is 0.388 e. The molecule has 1 saturated carbocycles. The molecular weight excluding hydrogens is 459 g/mol. The molecule has 2 aromatic rings. The fraction of sp³-hybridized carbons (Fsp3) is 0.593. The standard InChI is InChI=1S/C27H30F3NO4/c1-14(2)21-19-20(18-17(32)13-25(7-8-25)24(33)22(18)31-21)26(9-11-34-12-10-26)35-23(19)15-3-5-16(6-4-15)27(28,29)30/h3-6,14,17,23-24,32-33H,7-13H2,1-2H3/t17-,23+,24-/m0/s1. The van der Waals surface area contributed by atoms with E-state index in [0.29, 0.717) is 49.3 Å². The summed E-state index contributed by atoms with van der Waals surface area (Å²) in [6.07, 6.45) is -3.20. The second-order valence-electron chi connectivity index (χ2n) is 10.9. The lowest BCUT2D eigenvalue weighted by molar-refractivity contribution is -0.137. The number of nitrogens with zero attached hydrogens (tertiary/aromatic N) is 1. The van der Waals surface area contributed by atoms with E-state index in [2.05, 4.69) is 0 Å². The van der Waals surface area contributed by atoms with Gasteiger partial charge in [0.1, 0.15) is 12.2 Å². The maximum Gasteiger partial charge on any atom is 0.416 e. The second-order valence-corrected chi connectivity index (χ2v) is 10.9. The Morgan fingerprint density at radius 1 is 1.00 bits per heavy atom. The van der Waals surface area contributed by atoms with Crippen LogP contribution in [0.5, 0.6) is 0 Å². The molecule has 2 N–H and O–H groups in total. The molecule has 2 aliphatic heterocycles. The van der Waals surface area contributed by atoms with E-state index in [1.54, 1.807) is 0 Å². The van der Waals surface area contributed by atoms with E-state index in [-0.39, 0.29) is 11.3 Å². The molecule has 2 fully saturated rings. The number of hydrogen-bond donors (Lipinski definition) is 2. The van der Waals surface area contributed by atoms with E-state index in [0.717, 1.165) is 41.8 Å². The van der Waals surface area contributed by atoms with Crippen LogP contribution in [0.2, 0.25) is 0 Å². The summed E-state index contributed by atoms with van der Waals surface area (Å²) < 4.78 is 52.1. The zero-order valence-corrected chi connectivity index (χ0v) is 19.9. The van der Waals surface area contributed by atoms with Gasteiger partial charge < -0.3 is 19.7 Å². The summed E-state index contributed by atoms with van der Waals surface area (Å²) in [6, 6.07) is 5.13. The van der Waals surface area contributed by atoms with Gasteiger partial charge in [-0.05, 0) is 48.4 Å². The first-order valence-electron chi connectivity index (χ1n) is 12.4. The number of halogens is 3. The zero-order valence-electron chi connectivity index (χ0n) is 19.9. The van der Waals surface area contributed by atoms with Gasteiger partial charge in [0.25, 0.3) is 0 Å². The van der Waals surface area contributed by atoms with E-state index in [4.69, 9.17) is 14.5 Å². The van der Waals surface area contributed by atoms with Gasteiger partial charge in [0, 0.05) is 48.3 Å². The third-order valence-corrected chi connectivity index (χ3v) is 8.45. The number of fused-ring (bicyclic) bond motifs is 4. The van der Waals surface area contributed by atoms with Crippen molar-refractivity contribution in [2.24, 2.45) is 5.41 Å². The Balaban J connectivity index is 1.58. The molecule has 188 valence electrons. The van der Waals surface area contributed by atoms with Gasteiger partial charge in [-0.2, -0.15) is 13.2 Å². The predicted octanol–water partition coefficient (Wildman–Crippen LogP) is 5.60. The summed E-state index contributed by atoms with van der Waals surface area (Å²) in [4.78, 5) is 4.96. The van der Waals surface area contributed by atoms with Crippen LogP contribution in [0.4, 0.5) is 13.2 Å². The van der Waals surface area contributed by atoms with Gasteiger partial charge in [-0.3, -0.25) is 4.98 Å². The van der Waals surface area contributed by atoms with Crippen molar-refractivity contribution in [2.45, 2.75) is 82.0 Å². The molecule has 0 bridgehead atoms. The molecule has 2 spiro atoms. The van der Waals surface area contributed by atoms with Crippen molar-refractivity contribution in [2.75, 3.05) is 13.2 Å². The average molecular weight is 490 g/mol. The molecule has 4 aliphatic rings. The van der Waals surface area contributed by atoms with Crippen LogP contribution in [0, 0.1) is 5.41 Å². The van der Waals surface area contributed by atoms with Gasteiger partial charge in [0.15, 0.2) is 0 Å². The quantitative estimate of drug-likeness (QED) is 0.575. The van der Waals surface area contributed by atoms with Crippen molar-refractivity contribution in [3.05, 3.63) is 63.5 Å². The van der Waals surface area contributed by atoms with Crippen molar-refractivity contribution in [3.63, 3.8) is 0 Å². The summed E-state index contributed by atoms with van der Waals surface area (Å²) in [7, 11) is 0. The topological polar surface area (TPSA) is 71.8 Å². The van der Waals surface area contributed by atoms with E-state index in [1.165, 1.54) is 12.1 Å². The summed E-state index contributed by atoms with van der Waals surface area (Å²) in [5, 5.41) is 22.7. The minimum absolute atomic E-state index is 0.00832. The highest BCUT2D eigenvalue weighted by Gasteiger charge is 2.58. The highest BCUT2D eigenvalue weighted by Crippen LogP contribution is 2.65. The molecule has 3 heterocycles. The molecule has 1 aromatic carbocycles. The van der Waals surface area contributed by atoms with Crippen LogP contribution in [0.15, 0.2) is 24.3 Å². The van der Waals surface area contributed by atoms with Crippen LogP contribution in [-0.4, -0.2) is 28.4 Å². The third kappa shape index (κ3) is 3.48. The number of aliphatic hydroxyl groups excluding tert-OH is 2. The van der Waals surface area contributed by atoms with Gasteiger partial charge in [-0.15, -0.1) is 0 Å². The Labute approximate surface area is 202 Å². The number of alkyl halides is 3. The maximum atomic E-state index is 13.2. The van der Waals surface area contributed by atoms with Crippen LogP contribution in [0.3, 0.4) is 0 Å². The molecule has 6 rings (SSSR count). The van der Waals surface area contributed by atoms with Crippen molar-refractivity contribution >= 4 is 0 Å². The van der Waals surface area contributed by atoms with Crippen molar-refractivity contribution in [1.29, 1.82) is 0 Å². The lowest BCUT2D eigenvalue weighted by atomic mass is 9.72. The van der Waals surface area contributed by atoms with Crippen molar-refractivity contribution in [1.82, 2.24) is 4.98 Å². The van der Waals surface area contributed by atoms with Crippen LogP contribution < -0.4 is 0 Å². The second kappa shape index (κ2) is 7.75. The zero-order chi connectivity index (χ0) is 24.8. The first-order chi connectivity index (χ1) is 16.6. The lowest BCUT2D eigenvalue weighted by Crippen LogP contribution is -2.37. The maximum absolute atomic E-state index is 13.2. The van der Waals surface area contributed by atoms with Crippen molar-refractivity contribution in [3.8, 4) is 0 Å². The number of aliphatic hydroxyl groups is 2. The molecule has 5 nitrogen and oxygen atoms in total. The van der Waals surface area contributed by atoms with Crippen molar-refractivity contribution < 1.29 is 32.9 Å². The fourth-order valence-electron chi connectivity index (χ4n) is 6.41. The number of rotatable bonds is 2. The Bertz CT molecular complexity index is 1150. The Kier molecular flexibility index (Phi) is 5.18. The third-order valence-electron chi connectivity index (χ3n) is 8.45. The molecule has 0 radical (unpaired) electrons. The average Bonchev–Trinajstić information content (AvgIpc) is 3.53. The molecule has 3 atom stereocenters.